The molecule has 7 heteroatoms. The summed E-state index contributed by atoms with van der Waals surface area (Å²) in [4.78, 5) is 28.0. The maximum atomic E-state index is 13.5. The maximum absolute atomic E-state index is 13.5. The van der Waals surface area contributed by atoms with E-state index in [1.54, 1.807) is 30.3 Å². The summed E-state index contributed by atoms with van der Waals surface area (Å²) in [5.41, 5.74) is 2.09. The van der Waals surface area contributed by atoms with Crippen LogP contribution in [0.4, 0.5) is 11.4 Å². The van der Waals surface area contributed by atoms with E-state index in [9.17, 15) is 9.59 Å². The van der Waals surface area contributed by atoms with Crippen LogP contribution in [0.2, 0.25) is 5.02 Å². The van der Waals surface area contributed by atoms with Crippen LogP contribution in [-0.2, 0) is 9.59 Å². The highest BCUT2D eigenvalue weighted by atomic mass is 35.5. The normalized spacial score (nSPS) is 13.5. The Labute approximate surface area is 191 Å². The smallest absolute Gasteiger partial charge is 0.282 e. The second kappa shape index (κ2) is 9.16. The molecule has 0 aromatic heterocycles. The minimum Gasteiger partial charge on any atom is -0.495 e. The molecular formula is C25H21ClN2O4. The van der Waals surface area contributed by atoms with Crippen molar-refractivity contribution in [3.05, 3.63) is 89.1 Å². The van der Waals surface area contributed by atoms with Crippen molar-refractivity contribution in [3.63, 3.8) is 0 Å². The quantitative estimate of drug-likeness (QED) is 0.506. The number of carbonyl (C=O) groups is 2. The van der Waals surface area contributed by atoms with E-state index in [-0.39, 0.29) is 11.3 Å². The lowest BCUT2D eigenvalue weighted by Crippen LogP contribution is -2.32. The number of amides is 2. The van der Waals surface area contributed by atoms with E-state index < -0.39 is 11.8 Å². The monoisotopic (exact) mass is 448 g/mol. The number of benzene rings is 3. The van der Waals surface area contributed by atoms with Crippen LogP contribution < -0.4 is 19.7 Å². The fourth-order valence-corrected chi connectivity index (χ4v) is 3.77. The first-order valence-corrected chi connectivity index (χ1v) is 10.4. The van der Waals surface area contributed by atoms with Crippen molar-refractivity contribution in [1.29, 1.82) is 0 Å². The summed E-state index contributed by atoms with van der Waals surface area (Å²) in [5.74, 6) is 0.203. The minimum absolute atomic E-state index is 0.182. The molecule has 32 heavy (non-hydrogen) atoms. The van der Waals surface area contributed by atoms with Crippen LogP contribution in [0.3, 0.4) is 0 Å². The third-order valence-corrected chi connectivity index (χ3v) is 5.25. The number of methoxy groups -OCH3 is 1. The van der Waals surface area contributed by atoms with Gasteiger partial charge in [-0.1, -0.05) is 48.0 Å². The van der Waals surface area contributed by atoms with Gasteiger partial charge in [-0.2, -0.15) is 0 Å². The number of halogens is 1. The molecule has 1 aliphatic heterocycles. The first kappa shape index (κ1) is 21.5. The molecule has 0 fully saturated rings. The molecule has 1 N–H and O–H groups in total. The fraction of sp³-hybridized carbons (Fsp3) is 0.120. The number of nitrogens with one attached hydrogen (secondary N) is 1. The molecule has 1 aliphatic rings. The third-order valence-electron chi connectivity index (χ3n) is 4.95. The molecule has 0 atom stereocenters. The summed E-state index contributed by atoms with van der Waals surface area (Å²) in [5, 5.41) is 3.44. The number of imide groups is 1. The van der Waals surface area contributed by atoms with Crippen LogP contribution in [0.1, 0.15) is 12.5 Å². The molecular weight excluding hydrogens is 428 g/mol. The van der Waals surface area contributed by atoms with Crippen LogP contribution >= 0.6 is 11.6 Å². The zero-order valence-electron chi connectivity index (χ0n) is 17.6. The molecule has 3 aromatic carbocycles. The van der Waals surface area contributed by atoms with Crippen LogP contribution in [0.15, 0.2) is 78.5 Å². The second-order valence-electron chi connectivity index (χ2n) is 6.97. The summed E-state index contributed by atoms with van der Waals surface area (Å²) >= 11 is 6.25. The molecule has 0 radical (unpaired) electrons. The van der Waals surface area contributed by atoms with Gasteiger partial charge < -0.3 is 14.8 Å². The van der Waals surface area contributed by atoms with Gasteiger partial charge in [0.05, 0.1) is 30.0 Å². The molecule has 0 saturated carbocycles. The van der Waals surface area contributed by atoms with Crippen molar-refractivity contribution in [2.24, 2.45) is 0 Å². The Morgan fingerprint density at radius 1 is 0.938 bits per heavy atom. The lowest BCUT2D eigenvalue weighted by molar-refractivity contribution is -0.120. The van der Waals surface area contributed by atoms with Gasteiger partial charge >= 0.3 is 0 Å². The van der Waals surface area contributed by atoms with Crippen LogP contribution in [0.5, 0.6) is 11.5 Å². The van der Waals surface area contributed by atoms with Gasteiger partial charge in [-0.05, 0) is 42.8 Å². The number of nitrogens with zero attached hydrogens (tertiary/aromatic N) is 1. The van der Waals surface area contributed by atoms with E-state index in [4.69, 9.17) is 21.1 Å². The number of hydrogen-bond acceptors (Lipinski definition) is 5. The number of anilines is 2. The van der Waals surface area contributed by atoms with Crippen molar-refractivity contribution in [1.82, 2.24) is 0 Å². The van der Waals surface area contributed by atoms with E-state index in [0.29, 0.717) is 40.1 Å². The lowest BCUT2D eigenvalue weighted by atomic mass is 10.0. The van der Waals surface area contributed by atoms with Crippen LogP contribution in [0, 0.1) is 0 Å². The second-order valence-corrected chi connectivity index (χ2v) is 7.37. The maximum Gasteiger partial charge on any atom is 0.282 e. The average molecular weight is 449 g/mol. The highest BCUT2D eigenvalue weighted by Gasteiger charge is 2.40. The summed E-state index contributed by atoms with van der Waals surface area (Å²) in [6.45, 7) is 2.41. The van der Waals surface area contributed by atoms with Crippen LogP contribution in [-0.4, -0.2) is 25.5 Å². The Morgan fingerprint density at radius 3 is 2.41 bits per heavy atom. The molecule has 3 aromatic rings. The summed E-state index contributed by atoms with van der Waals surface area (Å²) in [6, 6.07) is 21.1. The first-order valence-electron chi connectivity index (χ1n) is 10.1. The van der Waals surface area contributed by atoms with Crippen molar-refractivity contribution in [2.45, 2.75) is 6.92 Å². The highest BCUT2D eigenvalue weighted by Crippen LogP contribution is 2.36. The van der Waals surface area contributed by atoms with Crippen LogP contribution in [0.25, 0.3) is 5.57 Å². The number of carbonyl (C=O) groups excluding carboxylic acids is 2. The van der Waals surface area contributed by atoms with Crippen molar-refractivity contribution in [3.8, 4) is 11.5 Å². The van der Waals surface area contributed by atoms with Gasteiger partial charge in [0.15, 0.2) is 0 Å². The zero-order valence-corrected chi connectivity index (χ0v) is 18.3. The predicted molar refractivity (Wildman–Crippen MR) is 125 cm³/mol. The summed E-state index contributed by atoms with van der Waals surface area (Å²) in [7, 11) is 1.50. The Balaban J connectivity index is 1.78. The largest absolute Gasteiger partial charge is 0.495 e. The van der Waals surface area contributed by atoms with Crippen molar-refractivity contribution < 1.29 is 19.1 Å². The number of hydrogen-bond donors (Lipinski definition) is 1. The van der Waals surface area contributed by atoms with E-state index in [1.165, 1.54) is 13.2 Å². The van der Waals surface area contributed by atoms with E-state index in [2.05, 4.69) is 5.32 Å². The SMILES string of the molecule is CCOc1cccc(NC2=C(c3ccccc3)C(=O)N(c3ccc(OC)c(Cl)c3)C2=O)c1. The van der Waals surface area contributed by atoms with Gasteiger partial charge in [-0.25, -0.2) is 4.90 Å². The van der Waals surface area contributed by atoms with Gasteiger partial charge in [0.25, 0.3) is 11.8 Å². The first-order chi connectivity index (χ1) is 15.5. The van der Waals surface area contributed by atoms with Gasteiger partial charge in [-0.3, -0.25) is 9.59 Å². The van der Waals surface area contributed by atoms with Gasteiger partial charge in [0.2, 0.25) is 0 Å². The van der Waals surface area contributed by atoms with Gasteiger partial charge in [-0.15, -0.1) is 0 Å². The van der Waals surface area contributed by atoms with Crippen molar-refractivity contribution in [2.75, 3.05) is 23.9 Å². The summed E-state index contributed by atoms with van der Waals surface area (Å²) in [6.07, 6.45) is 0. The van der Waals surface area contributed by atoms with E-state index in [1.807, 2.05) is 43.3 Å². The number of rotatable bonds is 7. The Hall–Kier alpha value is -3.77. The Bertz CT molecular complexity index is 1210. The van der Waals surface area contributed by atoms with E-state index >= 15 is 0 Å². The zero-order chi connectivity index (χ0) is 22.7. The fourth-order valence-electron chi connectivity index (χ4n) is 3.52. The minimum atomic E-state index is -0.475. The topological polar surface area (TPSA) is 67.9 Å². The predicted octanol–water partition coefficient (Wildman–Crippen LogP) is 5.14. The Kier molecular flexibility index (Phi) is 6.14. The molecule has 2 amide bonds. The molecule has 0 aliphatic carbocycles. The van der Waals surface area contributed by atoms with E-state index in [0.717, 1.165) is 4.90 Å². The third kappa shape index (κ3) is 4.05. The average Bonchev–Trinajstić information content (AvgIpc) is 3.04. The molecule has 6 nitrogen and oxygen atoms in total. The van der Waals surface area contributed by atoms with Gasteiger partial charge in [0.1, 0.15) is 17.2 Å². The molecule has 4 rings (SSSR count). The molecule has 0 saturated heterocycles. The molecule has 0 spiro atoms. The molecule has 0 bridgehead atoms. The molecule has 1 heterocycles. The summed E-state index contributed by atoms with van der Waals surface area (Å²) < 4.78 is 10.7. The Morgan fingerprint density at radius 2 is 1.72 bits per heavy atom. The lowest BCUT2D eigenvalue weighted by Gasteiger charge is -2.16. The molecule has 162 valence electrons. The molecule has 0 unspecified atom stereocenters. The van der Waals surface area contributed by atoms with Gasteiger partial charge in [0, 0.05) is 11.8 Å². The number of ether oxygens (including phenoxy) is 2. The highest BCUT2D eigenvalue weighted by molar-refractivity contribution is 6.46. The van der Waals surface area contributed by atoms with Crippen molar-refractivity contribution >= 4 is 40.4 Å². The standard InChI is InChI=1S/C25H21ClN2O4/c1-3-32-19-11-7-10-17(14-19)27-23-22(16-8-5-4-6-9-16)24(29)28(25(23)30)18-12-13-21(31-2)20(26)15-18/h4-15,27H,3H2,1-2H3.